The molecule has 2 aromatic rings. The monoisotopic (exact) mass is 288 g/mol. The van der Waals surface area contributed by atoms with Gasteiger partial charge in [-0.2, -0.15) is 0 Å². The van der Waals surface area contributed by atoms with Gasteiger partial charge in [-0.3, -0.25) is 19.5 Å². The van der Waals surface area contributed by atoms with Crippen LogP contribution in [0.2, 0.25) is 0 Å². The van der Waals surface area contributed by atoms with Crippen molar-refractivity contribution in [2.75, 3.05) is 0 Å². The Morgan fingerprint density at radius 1 is 1.33 bits per heavy atom. The number of aromatic nitrogens is 1. The molecule has 0 aliphatic carbocycles. The van der Waals surface area contributed by atoms with Crippen LogP contribution in [0.5, 0.6) is 0 Å². The van der Waals surface area contributed by atoms with Gasteiger partial charge < -0.3 is 4.42 Å². The van der Waals surface area contributed by atoms with Gasteiger partial charge in [0.2, 0.25) is 11.8 Å². The van der Waals surface area contributed by atoms with E-state index in [0.717, 1.165) is 18.4 Å². The Hall–Kier alpha value is -2.37. The van der Waals surface area contributed by atoms with Gasteiger partial charge in [-0.15, -0.1) is 0 Å². The molecule has 0 saturated carbocycles. The van der Waals surface area contributed by atoms with Crippen LogP contribution in [0.3, 0.4) is 0 Å². The number of carbonyl (C=O) groups is 2. The van der Waals surface area contributed by atoms with E-state index < -0.39 is 17.7 Å². The summed E-state index contributed by atoms with van der Waals surface area (Å²) in [5.74, 6) is -1.30. The van der Waals surface area contributed by atoms with Gasteiger partial charge >= 0.3 is 5.76 Å². The highest BCUT2D eigenvalue weighted by Crippen LogP contribution is 2.25. The van der Waals surface area contributed by atoms with Crippen molar-refractivity contribution in [3.63, 3.8) is 0 Å². The van der Waals surface area contributed by atoms with Crippen LogP contribution in [0.25, 0.3) is 11.1 Å². The number of benzene rings is 1. The fourth-order valence-electron chi connectivity index (χ4n) is 2.80. The molecular formula is C15H16N2O4. The quantitative estimate of drug-likeness (QED) is 0.868. The summed E-state index contributed by atoms with van der Waals surface area (Å²) in [6.07, 6.45) is 2.29. The lowest BCUT2D eigenvalue weighted by Gasteiger charge is -2.21. The Labute approximate surface area is 120 Å². The predicted molar refractivity (Wildman–Crippen MR) is 75.9 cm³/mol. The Bertz CT molecular complexity index is 772. The van der Waals surface area contributed by atoms with Gasteiger partial charge in [0.05, 0.1) is 5.52 Å². The minimum atomic E-state index is -0.687. The Kier molecular flexibility index (Phi) is 3.37. The number of fused-ring (bicyclic) bond motifs is 1. The number of carbonyl (C=O) groups excluding carboxylic acids is 2. The van der Waals surface area contributed by atoms with Crippen LogP contribution in [-0.4, -0.2) is 16.4 Å². The molecule has 110 valence electrons. The number of amides is 2. The summed E-state index contributed by atoms with van der Waals surface area (Å²) in [4.78, 5) is 35.4. The molecule has 6 nitrogen and oxygen atoms in total. The third-order valence-electron chi connectivity index (χ3n) is 3.76. The lowest BCUT2D eigenvalue weighted by Crippen LogP contribution is -2.43. The zero-order chi connectivity index (χ0) is 15.0. The molecule has 0 bridgehead atoms. The first-order valence-corrected chi connectivity index (χ1v) is 7.08. The summed E-state index contributed by atoms with van der Waals surface area (Å²) < 4.78 is 6.71. The van der Waals surface area contributed by atoms with E-state index in [1.165, 1.54) is 4.57 Å². The van der Waals surface area contributed by atoms with Gasteiger partial charge in [-0.1, -0.05) is 25.5 Å². The molecule has 2 heterocycles. The number of aryl methyl sites for hydroxylation is 1. The van der Waals surface area contributed by atoms with Crippen molar-refractivity contribution in [3.8, 4) is 0 Å². The molecule has 0 unspecified atom stereocenters. The third kappa shape index (κ3) is 2.26. The average Bonchev–Trinajstić information content (AvgIpc) is 2.77. The van der Waals surface area contributed by atoms with E-state index in [9.17, 15) is 14.4 Å². The van der Waals surface area contributed by atoms with Crippen LogP contribution >= 0.6 is 0 Å². The number of imide groups is 1. The van der Waals surface area contributed by atoms with Gasteiger partial charge in [0.1, 0.15) is 6.04 Å². The number of nitrogens with zero attached hydrogens (tertiary/aromatic N) is 1. The highest BCUT2D eigenvalue weighted by molar-refractivity contribution is 6.00. The van der Waals surface area contributed by atoms with E-state index >= 15 is 0 Å². The highest BCUT2D eigenvalue weighted by Gasteiger charge is 2.31. The first kappa shape index (κ1) is 13.6. The van der Waals surface area contributed by atoms with Crippen molar-refractivity contribution in [1.82, 2.24) is 9.88 Å². The van der Waals surface area contributed by atoms with E-state index in [1.54, 1.807) is 6.07 Å². The molecule has 1 fully saturated rings. The highest BCUT2D eigenvalue weighted by atomic mass is 16.4. The summed E-state index contributed by atoms with van der Waals surface area (Å²) >= 11 is 0. The van der Waals surface area contributed by atoms with Crippen molar-refractivity contribution >= 4 is 22.9 Å². The fraction of sp³-hybridized carbons (Fsp3) is 0.400. The molecular weight excluding hydrogens is 272 g/mol. The molecule has 1 aliphatic rings. The summed E-state index contributed by atoms with van der Waals surface area (Å²) in [7, 11) is 0. The summed E-state index contributed by atoms with van der Waals surface area (Å²) in [6.45, 7) is 2.05. The van der Waals surface area contributed by atoms with Crippen LogP contribution in [0, 0.1) is 0 Å². The largest absolute Gasteiger partial charge is 0.420 e. The molecule has 0 radical (unpaired) electrons. The number of hydrogen-bond acceptors (Lipinski definition) is 4. The van der Waals surface area contributed by atoms with Crippen molar-refractivity contribution < 1.29 is 14.0 Å². The van der Waals surface area contributed by atoms with Crippen LogP contribution in [-0.2, 0) is 16.0 Å². The van der Waals surface area contributed by atoms with E-state index in [4.69, 9.17) is 4.42 Å². The maximum atomic E-state index is 12.2. The SMILES string of the molecule is CCCc1cccc2c1oc(=O)n2[C@H]1CCC(=O)NC1=O. The first-order valence-electron chi connectivity index (χ1n) is 7.08. The number of oxazole rings is 1. The van der Waals surface area contributed by atoms with Crippen LogP contribution in [0.15, 0.2) is 27.4 Å². The van der Waals surface area contributed by atoms with Crippen molar-refractivity contribution in [2.24, 2.45) is 0 Å². The maximum Gasteiger partial charge on any atom is 0.420 e. The zero-order valence-corrected chi connectivity index (χ0v) is 11.7. The molecule has 1 aliphatic heterocycles. The minimum absolute atomic E-state index is 0.226. The van der Waals surface area contributed by atoms with Gasteiger partial charge in [0, 0.05) is 6.42 Å². The van der Waals surface area contributed by atoms with E-state index in [2.05, 4.69) is 5.32 Å². The van der Waals surface area contributed by atoms with Gasteiger partial charge in [0.25, 0.3) is 0 Å². The second kappa shape index (κ2) is 5.20. The lowest BCUT2D eigenvalue weighted by atomic mass is 10.0. The molecule has 1 atom stereocenters. The molecule has 2 amide bonds. The molecule has 0 spiro atoms. The number of nitrogens with one attached hydrogen (secondary N) is 1. The molecule has 3 rings (SSSR count). The molecule has 1 aromatic heterocycles. The standard InChI is InChI=1S/C15H16N2O4/c1-2-4-9-5-3-6-10-13(9)21-15(20)17(10)11-7-8-12(18)16-14(11)19/h3,5-6,11H,2,4,7-8H2,1H3,(H,16,18,19)/t11-/m0/s1. The van der Waals surface area contributed by atoms with Crippen molar-refractivity contribution in [2.45, 2.75) is 38.6 Å². The summed E-state index contributed by atoms with van der Waals surface area (Å²) in [5.41, 5.74) is 2.10. The van der Waals surface area contributed by atoms with Gasteiger partial charge in [-0.05, 0) is 24.5 Å². The van der Waals surface area contributed by atoms with Gasteiger partial charge in [-0.25, -0.2) is 4.79 Å². The van der Waals surface area contributed by atoms with Crippen LogP contribution in [0.1, 0.15) is 37.8 Å². The predicted octanol–water partition coefficient (Wildman–Crippen LogP) is 1.52. The molecule has 1 N–H and O–H groups in total. The molecule has 6 heteroatoms. The third-order valence-corrected chi connectivity index (χ3v) is 3.76. The number of rotatable bonds is 3. The molecule has 21 heavy (non-hydrogen) atoms. The average molecular weight is 288 g/mol. The number of hydrogen-bond donors (Lipinski definition) is 1. The Balaban J connectivity index is 2.13. The fourth-order valence-corrected chi connectivity index (χ4v) is 2.80. The topological polar surface area (TPSA) is 81.3 Å². The second-order valence-corrected chi connectivity index (χ2v) is 5.22. The van der Waals surface area contributed by atoms with Crippen LogP contribution in [0.4, 0.5) is 0 Å². The zero-order valence-electron chi connectivity index (χ0n) is 11.7. The Morgan fingerprint density at radius 3 is 2.86 bits per heavy atom. The Morgan fingerprint density at radius 2 is 2.14 bits per heavy atom. The molecule has 1 aromatic carbocycles. The number of para-hydroxylation sites is 1. The maximum absolute atomic E-state index is 12.2. The first-order chi connectivity index (χ1) is 10.1. The van der Waals surface area contributed by atoms with E-state index in [-0.39, 0.29) is 12.3 Å². The lowest BCUT2D eigenvalue weighted by molar-refractivity contribution is -0.135. The van der Waals surface area contributed by atoms with Gasteiger partial charge in [0.15, 0.2) is 5.58 Å². The normalized spacial score (nSPS) is 19.0. The number of piperidine rings is 1. The van der Waals surface area contributed by atoms with E-state index in [0.29, 0.717) is 17.5 Å². The summed E-state index contributed by atoms with van der Waals surface area (Å²) in [6, 6.07) is 4.85. The van der Waals surface area contributed by atoms with Crippen molar-refractivity contribution in [3.05, 3.63) is 34.3 Å². The van der Waals surface area contributed by atoms with Crippen LogP contribution < -0.4 is 11.1 Å². The smallest absolute Gasteiger partial charge is 0.407 e. The minimum Gasteiger partial charge on any atom is -0.407 e. The van der Waals surface area contributed by atoms with E-state index in [1.807, 2.05) is 19.1 Å². The molecule has 1 saturated heterocycles. The second-order valence-electron chi connectivity index (χ2n) is 5.22. The summed E-state index contributed by atoms with van der Waals surface area (Å²) in [5, 5.41) is 2.27. The van der Waals surface area contributed by atoms with Crippen molar-refractivity contribution in [1.29, 1.82) is 0 Å².